The van der Waals surface area contributed by atoms with E-state index in [1.54, 1.807) is 7.11 Å². The van der Waals surface area contributed by atoms with Crippen molar-refractivity contribution in [3.05, 3.63) is 0 Å². The average Bonchev–Trinajstić information content (AvgIpc) is 2.89. The van der Waals surface area contributed by atoms with Gasteiger partial charge in [0.15, 0.2) is 9.84 Å². The number of likely N-dealkylation sites (tertiary alicyclic amines) is 1. The summed E-state index contributed by atoms with van der Waals surface area (Å²) in [4.78, 5) is 2.22. The Kier molecular flexibility index (Phi) is 3.54. The third-order valence-electron chi connectivity index (χ3n) is 4.50. The van der Waals surface area contributed by atoms with Crippen LogP contribution in [0.25, 0.3) is 0 Å². The Labute approximate surface area is 111 Å². The van der Waals surface area contributed by atoms with Crippen molar-refractivity contribution in [2.45, 2.75) is 55.6 Å². The lowest BCUT2D eigenvalue weighted by Gasteiger charge is -2.32. The van der Waals surface area contributed by atoms with Crippen LogP contribution in [0.1, 0.15) is 40.0 Å². The summed E-state index contributed by atoms with van der Waals surface area (Å²) in [5.41, 5.74) is 0. The van der Waals surface area contributed by atoms with E-state index >= 15 is 0 Å². The van der Waals surface area contributed by atoms with Gasteiger partial charge in [0.1, 0.15) is 0 Å². The first-order chi connectivity index (χ1) is 8.22. The smallest absolute Gasteiger partial charge is 0.162 e. The summed E-state index contributed by atoms with van der Waals surface area (Å²) in [6, 6.07) is 0. The molecule has 18 heavy (non-hydrogen) atoms. The summed E-state index contributed by atoms with van der Waals surface area (Å²) in [5.74, 6) is 0. The van der Waals surface area contributed by atoms with Crippen molar-refractivity contribution in [2.75, 3.05) is 26.7 Å². The lowest BCUT2D eigenvalue weighted by molar-refractivity contribution is 0.107. The maximum Gasteiger partial charge on any atom is 0.162 e. The Hall–Kier alpha value is -0.130. The van der Waals surface area contributed by atoms with E-state index in [4.69, 9.17) is 4.74 Å². The molecule has 1 aliphatic carbocycles. The highest BCUT2D eigenvalue weighted by Gasteiger charge is 2.56. The molecule has 0 amide bonds. The zero-order valence-corrected chi connectivity index (χ0v) is 12.7. The third kappa shape index (κ3) is 2.32. The van der Waals surface area contributed by atoms with E-state index in [-0.39, 0.29) is 6.10 Å². The van der Waals surface area contributed by atoms with Gasteiger partial charge in [-0.1, -0.05) is 0 Å². The Morgan fingerprint density at radius 2 is 2.00 bits per heavy atom. The Bertz CT molecular complexity index is 412. The highest BCUT2D eigenvalue weighted by molar-refractivity contribution is 7.94. The fourth-order valence-corrected chi connectivity index (χ4v) is 5.19. The minimum absolute atomic E-state index is 0.264. The molecule has 1 heterocycles. The summed E-state index contributed by atoms with van der Waals surface area (Å²) in [7, 11) is -1.34. The second kappa shape index (κ2) is 4.46. The van der Waals surface area contributed by atoms with E-state index in [2.05, 4.69) is 4.90 Å². The van der Waals surface area contributed by atoms with Crippen molar-refractivity contribution in [3.63, 3.8) is 0 Å². The quantitative estimate of drug-likeness (QED) is 0.762. The number of ether oxygens (including phenoxy) is 1. The van der Waals surface area contributed by atoms with Crippen LogP contribution in [0.5, 0.6) is 0 Å². The van der Waals surface area contributed by atoms with Crippen LogP contribution < -0.4 is 0 Å². The fraction of sp³-hybridized carbons (Fsp3) is 1.00. The summed E-state index contributed by atoms with van der Waals surface area (Å²) in [6.45, 7) is 8.02. The van der Waals surface area contributed by atoms with E-state index in [0.29, 0.717) is 6.54 Å². The topological polar surface area (TPSA) is 46.6 Å². The highest BCUT2D eigenvalue weighted by Crippen LogP contribution is 2.47. The zero-order chi connectivity index (χ0) is 13.6. The number of hydrogen-bond donors (Lipinski definition) is 0. The zero-order valence-electron chi connectivity index (χ0n) is 11.9. The molecule has 0 aromatic carbocycles. The Morgan fingerprint density at radius 1 is 1.39 bits per heavy atom. The van der Waals surface area contributed by atoms with Gasteiger partial charge in [-0.25, -0.2) is 8.42 Å². The van der Waals surface area contributed by atoms with Gasteiger partial charge in [-0.15, -0.1) is 0 Å². The number of sulfone groups is 1. The van der Waals surface area contributed by atoms with Gasteiger partial charge in [0.05, 0.1) is 15.6 Å². The molecule has 5 heteroatoms. The fourth-order valence-electron chi connectivity index (χ4n) is 2.87. The second-order valence-electron chi connectivity index (χ2n) is 6.59. The van der Waals surface area contributed by atoms with Crippen LogP contribution >= 0.6 is 0 Å². The molecule has 0 aromatic heterocycles. The maximum absolute atomic E-state index is 12.6. The first-order valence-electron chi connectivity index (χ1n) is 6.71. The van der Waals surface area contributed by atoms with Gasteiger partial charge < -0.3 is 4.74 Å². The lowest BCUT2D eigenvalue weighted by atomic mass is 10.2. The molecule has 2 fully saturated rings. The van der Waals surface area contributed by atoms with Crippen molar-refractivity contribution >= 4 is 9.84 Å². The molecule has 1 atom stereocenters. The summed E-state index contributed by atoms with van der Waals surface area (Å²) in [6.07, 6.45) is 2.91. The van der Waals surface area contributed by atoms with Crippen molar-refractivity contribution in [2.24, 2.45) is 0 Å². The maximum atomic E-state index is 12.6. The number of hydrogen-bond acceptors (Lipinski definition) is 4. The third-order valence-corrected chi connectivity index (χ3v) is 7.79. The van der Waals surface area contributed by atoms with Crippen LogP contribution in [-0.4, -0.2) is 55.7 Å². The van der Waals surface area contributed by atoms with E-state index in [1.165, 1.54) is 0 Å². The van der Waals surface area contributed by atoms with E-state index in [9.17, 15) is 8.42 Å². The molecule has 2 rings (SSSR count). The van der Waals surface area contributed by atoms with Crippen molar-refractivity contribution < 1.29 is 13.2 Å². The first kappa shape index (κ1) is 14.3. The van der Waals surface area contributed by atoms with Crippen LogP contribution in [0.4, 0.5) is 0 Å². The van der Waals surface area contributed by atoms with Gasteiger partial charge in [-0.3, -0.25) is 4.90 Å². The van der Waals surface area contributed by atoms with Crippen LogP contribution in [-0.2, 0) is 14.6 Å². The molecule has 0 radical (unpaired) electrons. The van der Waals surface area contributed by atoms with Crippen molar-refractivity contribution in [1.82, 2.24) is 4.90 Å². The van der Waals surface area contributed by atoms with Crippen LogP contribution in [0.3, 0.4) is 0 Å². The predicted octanol–water partition coefficient (Wildman–Crippen LogP) is 1.45. The largest absolute Gasteiger partial charge is 0.380 e. The molecule has 2 aliphatic rings. The predicted molar refractivity (Wildman–Crippen MR) is 72.5 cm³/mol. The van der Waals surface area contributed by atoms with E-state index in [1.807, 2.05) is 20.8 Å². The normalized spacial score (nSPS) is 28.6. The molecule has 1 saturated carbocycles. The monoisotopic (exact) mass is 275 g/mol. The van der Waals surface area contributed by atoms with Gasteiger partial charge in [0, 0.05) is 26.7 Å². The van der Waals surface area contributed by atoms with Gasteiger partial charge in [0.2, 0.25) is 0 Å². The SMILES string of the molecule is COC1CCN(CC(C)(C)S(=O)(=O)C2(C)CC2)C1. The Balaban J connectivity index is 2.04. The summed E-state index contributed by atoms with van der Waals surface area (Å²) in [5, 5.41) is 0. The van der Waals surface area contributed by atoms with Crippen molar-refractivity contribution in [1.29, 1.82) is 0 Å². The molecule has 4 nitrogen and oxygen atoms in total. The van der Waals surface area contributed by atoms with Crippen molar-refractivity contribution in [3.8, 4) is 0 Å². The Morgan fingerprint density at radius 3 is 2.44 bits per heavy atom. The van der Waals surface area contributed by atoms with Crippen LogP contribution in [0.2, 0.25) is 0 Å². The van der Waals surface area contributed by atoms with Crippen LogP contribution in [0.15, 0.2) is 0 Å². The molecule has 1 aliphatic heterocycles. The van der Waals surface area contributed by atoms with Gasteiger partial charge in [-0.05, 0) is 40.0 Å². The molecular weight excluding hydrogens is 250 g/mol. The van der Waals surface area contributed by atoms with Gasteiger partial charge in [-0.2, -0.15) is 0 Å². The summed E-state index contributed by atoms with van der Waals surface area (Å²) < 4.78 is 29.4. The molecule has 106 valence electrons. The average molecular weight is 275 g/mol. The standard InChI is InChI=1S/C13H25NO3S/c1-12(2,18(15,16)13(3)6-7-13)10-14-8-5-11(9-14)17-4/h11H,5-10H2,1-4H3. The molecule has 0 bridgehead atoms. The minimum Gasteiger partial charge on any atom is -0.380 e. The van der Waals surface area contributed by atoms with E-state index in [0.717, 1.165) is 32.4 Å². The van der Waals surface area contributed by atoms with Crippen LogP contribution in [0, 0.1) is 0 Å². The highest BCUT2D eigenvalue weighted by atomic mass is 32.2. The number of methoxy groups -OCH3 is 1. The van der Waals surface area contributed by atoms with Gasteiger partial charge >= 0.3 is 0 Å². The molecular formula is C13H25NO3S. The molecule has 0 aromatic rings. The number of nitrogens with zero attached hydrogens (tertiary/aromatic N) is 1. The lowest BCUT2D eigenvalue weighted by Crippen LogP contribution is -2.48. The molecule has 1 unspecified atom stereocenters. The summed E-state index contributed by atoms with van der Waals surface area (Å²) >= 11 is 0. The van der Waals surface area contributed by atoms with Gasteiger partial charge in [0.25, 0.3) is 0 Å². The molecule has 0 spiro atoms. The minimum atomic E-state index is -3.06. The molecule has 0 N–H and O–H groups in total. The second-order valence-corrected chi connectivity index (χ2v) is 9.69. The van der Waals surface area contributed by atoms with E-state index < -0.39 is 19.3 Å². The molecule has 1 saturated heterocycles. The first-order valence-corrected chi connectivity index (χ1v) is 8.19. The number of rotatable bonds is 5.